The molecule has 1 aromatic heterocycles. The lowest BCUT2D eigenvalue weighted by molar-refractivity contribution is -0.146. The molecule has 1 heterocycles. The minimum atomic E-state index is -1.07. The number of hydrogen-bond acceptors (Lipinski definition) is 3. The molecule has 0 aliphatic carbocycles. The van der Waals surface area contributed by atoms with Gasteiger partial charge >= 0.3 is 5.97 Å². The third-order valence-electron chi connectivity index (χ3n) is 2.26. The van der Waals surface area contributed by atoms with Crippen LogP contribution in [-0.4, -0.2) is 26.1 Å². The highest BCUT2D eigenvalue weighted by Gasteiger charge is 2.30. The molecule has 0 saturated heterocycles. The zero-order valence-corrected chi connectivity index (χ0v) is 10.0. The average Bonchev–Trinajstić information content (AvgIpc) is 2.63. The molecule has 1 N–H and O–H groups in total. The predicted octanol–water partition coefficient (Wildman–Crippen LogP) is 1.77. The molecule has 0 aromatic carbocycles. The summed E-state index contributed by atoms with van der Waals surface area (Å²) in [6.07, 6.45) is 5.46. The van der Waals surface area contributed by atoms with Crippen molar-refractivity contribution in [2.75, 3.05) is 0 Å². The van der Waals surface area contributed by atoms with Crippen molar-refractivity contribution in [3.63, 3.8) is 0 Å². The second-order valence-corrected chi connectivity index (χ2v) is 4.56. The van der Waals surface area contributed by atoms with E-state index in [-0.39, 0.29) is 0 Å². The van der Waals surface area contributed by atoms with E-state index in [9.17, 15) is 4.79 Å². The molecular formula is C11H17N3O2. The molecule has 5 heteroatoms. The lowest BCUT2D eigenvalue weighted by Crippen LogP contribution is -2.36. The minimum Gasteiger partial charge on any atom is -0.479 e. The van der Waals surface area contributed by atoms with Crippen molar-refractivity contribution in [3.8, 4) is 0 Å². The fourth-order valence-electron chi connectivity index (χ4n) is 1.02. The van der Waals surface area contributed by atoms with E-state index in [4.69, 9.17) is 5.11 Å². The Morgan fingerprint density at radius 1 is 1.56 bits per heavy atom. The zero-order chi connectivity index (χ0) is 12.3. The summed E-state index contributed by atoms with van der Waals surface area (Å²) in [6.45, 7) is 7.28. The Hall–Kier alpha value is -1.65. The van der Waals surface area contributed by atoms with Crippen molar-refractivity contribution < 1.29 is 9.90 Å². The maximum Gasteiger partial charge on any atom is 0.331 e. The van der Waals surface area contributed by atoms with Crippen molar-refractivity contribution >= 4 is 12.0 Å². The summed E-state index contributed by atoms with van der Waals surface area (Å²) < 4.78 is 1.36. The van der Waals surface area contributed by atoms with Gasteiger partial charge in [-0.1, -0.05) is 25.1 Å². The molecule has 5 nitrogen and oxygen atoms in total. The number of rotatable bonds is 4. The number of allylic oxidation sites excluding steroid dienone is 1. The summed E-state index contributed by atoms with van der Waals surface area (Å²) in [5.41, 5.74) is -0.403. The van der Waals surface area contributed by atoms with Gasteiger partial charge in [-0.2, -0.15) is 0 Å². The SMILES string of the molecule is CC(C)/C=C/c1cn(C(C)(C)C(=O)O)nn1. The minimum absolute atomic E-state index is 0.428. The number of aliphatic carboxylic acids is 1. The summed E-state index contributed by atoms with van der Waals surface area (Å²) in [6, 6.07) is 0. The summed E-state index contributed by atoms with van der Waals surface area (Å²) in [5, 5.41) is 16.7. The first-order valence-corrected chi connectivity index (χ1v) is 5.18. The van der Waals surface area contributed by atoms with E-state index in [2.05, 4.69) is 24.2 Å². The van der Waals surface area contributed by atoms with Gasteiger partial charge in [0.15, 0.2) is 5.54 Å². The van der Waals surface area contributed by atoms with E-state index in [1.807, 2.05) is 12.2 Å². The van der Waals surface area contributed by atoms with Crippen molar-refractivity contribution in [3.05, 3.63) is 18.0 Å². The van der Waals surface area contributed by atoms with Crippen LogP contribution in [0.25, 0.3) is 6.08 Å². The fourth-order valence-corrected chi connectivity index (χ4v) is 1.02. The molecule has 0 radical (unpaired) electrons. The number of carboxylic acid groups (broad SMARTS) is 1. The number of carboxylic acids is 1. The fraction of sp³-hybridized carbons (Fsp3) is 0.545. The first kappa shape index (κ1) is 12.4. The lowest BCUT2D eigenvalue weighted by atomic mass is 10.1. The van der Waals surface area contributed by atoms with Gasteiger partial charge in [0.25, 0.3) is 0 Å². The van der Waals surface area contributed by atoms with Crippen LogP contribution >= 0.6 is 0 Å². The number of nitrogens with zero attached hydrogens (tertiary/aromatic N) is 3. The average molecular weight is 223 g/mol. The van der Waals surface area contributed by atoms with Crippen LogP contribution < -0.4 is 0 Å². The molecule has 0 aliphatic heterocycles. The molecule has 0 bridgehead atoms. The van der Waals surface area contributed by atoms with E-state index < -0.39 is 11.5 Å². The van der Waals surface area contributed by atoms with Crippen LogP contribution in [-0.2, 0) is 10.3 Å². The molecule has 1 aromatic rings. The van der Waals surface area contributed by atoms with Crippen LogP contribution in [0.4, 0.5) is 0 Å². The summed E-state index contributed by atoms with van der Waals surface area (Å²) in [4.78, 5) is 11.0. The van der Waals surface area contributed by atoms with Crippen molar-refractivity contribution in [1.82, 2.24) is 15.0 Å². The molecule has 0 spiro atoms. The number of aromatic nitrogens is 3. The van der Waals surface area contributed by atoms with Crippen LogP contribution in [0.15, 0.2) is 12.3 Å². The van der Waals surface area contributed by atoms with Crippen LogP contribution in [0.3, 0.4) is 0 Å². The second kappa shape index (κ2) is 4.47. The van der Waals surface area contributed by atoms with Crippen molar-refractivity contribution in [1.29, 1.82) is 0 Å². The Bertz CT molecular complexity index is 405. The molecule has 0 aliphatic rings. The predicted molar refractivity (Wildman–Crippen MR) is 60.9 cm³/mol. The standard InChI is InChI=1S/C11H17N3O2/c1-8(2)5-6-9-7-14(13-12-9)11(3,4)10(15)16/h5-8H,1-4H3,(H,15,16)/b6-5+. The largest absolute Gasteiger partial charge is 0.479 e. The van der Waals surface area contributed by atoms with Crippen molar-refractivity contribution in [2.24, 2.45) is 5.92 Å². The molecule has 0 saturated carbocycles. The highest BCUT2D eigenvalue weighted by Crippen LogP contribution is 2.14. The number of hydrogen-bond donors (Lipinski definition) is 1. The zero-order valence-electron chi connectivity index (χ0n) is 10.0. The first-order chi connectivity index (χ1) is 7.34. The van der Waals surface area contributed by atoms with Gasteiger partial charge < -0.3 is 5.11 Å². The Labute approximate surface area is 94.8 Å². The topological polar surface area (TPSA) is 68.0 Å². The van der Waals surface area contributed by atoms with Crippen LogP contribution in [0.2, 0.25) is 0 Å². The van der Waals surface area contributed by atoms with Gasteiger partial charge in [-0.05, 0) is 25.8 Å². The maximum absolute atomic E-state index is 11.0. The molecule has 0 fully saturated rings. The van der Waals surface area contributed by atoms with E-state index in [1.54, 1.807) is 20.0 Å². The van der Waals surface area contributed by atoms with E-state index in [1.165, 1.54) is 4.68 Å². The third kappa shape index (κ3) is 2.68. The third-order valence-corrected chi connectivity index (χ3v) is 2.26. The maximum atomic E-state index is 11.0. The molecule has 0 atom stereocenters. The summed E-state index contributed by atoms with van der Waals surface area (Å²) >= 11 is 0. The monoisotopic (exact) mass is 223 g/mol. The Kier molecular flexibility index (Phi) is 3.47. The quantitative estimate of drug-likeness (QED) is 0.844. The molecule has 88 valence electrons. The van der Waals surface area contributed by atoms with Gasteiger partial charge in [0.05, 0.1) is 6.20 Å². The Morgan fingerprint density at radius 2 is 2.19 bits per heavy atom. The Morgan fingerprint density at radius 3 is 2.69 bits per heavy atom. The highest BCUT2D eigenvalue weighted by atomic mass is 16.4. The Balaban J connectivity index is 2.91. The highest BCUT2D eigenvalue weighted by molar-refractivity contribution is 5.75. The van der Waals surface area contributed by atoms with E-state index in [0.717, 1.165) is 0 Å². The molecule has 1 rings (SSSR count). The second-order valence-electron chi connectivity index (χ2n) is 4.56. The summed E-state index contributed by atoms with van der Waals surface area (Å²) in [7, 11) is 0. The van der Waals surface area contributed by atoms with Crippen LogP contribution in [0.5, 0.6) is 0 Å². The van der Waals surface area contributed by atoms with Gasteiger partial charge in [-0.3, -0.25) is 0 Å². The summed E-state index contributed by atoms with van der Waals surface area (Å²) in [5.74, 6) is -0.505. The lowest BCUT2D eigenvalue weighted by Gasteiger charge is -2.18. The molecule has 16 heavy (non-hydrogen) atoms. The molecular weight excluding hydrogens is 206 g/mol. The smallest absolute Gasteiger partial charge is 0.331 e. The van der Waals surface area contributed by atoms with Gasteiger partial charge in [0, 0.05) is 0 Å². The molecule has 0 unspecified atom stereocenters. The first-order valence-electron chi connectivity index (χ1n) is 5.18. The van der Waals surface area contributed by atoms with E-state index in [0.29, 0.717) is 11.6 Å². The van der Waals surface area contributed by atoms with Gasteiger partial charge in [-0.15, -0.1) is 5.10 Å². The van der Waals surface area contributed by atoms with Crippen molar-refractivity contribution in [2.45, 2.75) is 33.2 Å². The van der Waals surface area contributed by atoms with Gasteiger partial charge in [0.1, 0.15) is 5.69 Å². The van der Waals surface area contributed by atoms with Gasteiger partial charge in [0.2, 0.25) is 0 Å². The van der Waals surface area contributed by atoms with E-state index >= 15 is 0 Å². The normalized spacial score (nSPS) is 12.6. The van der Waals surface area contributed by atoms with Gasteiger partial charge in [-0.25, -0.2) is 9.48 Å². The van der Waals surface area contributed by atoms with Crippen LogP contribution in [0, 0.1) is 5.92 Å². The van der Waals surface area contributed by atoms with Crippen LogP contribution in [0.1, 0.15) is 33.4 Å². The molecule has 0 amide bonds. The number of carbonyl (C=O) groups is 1.